The van der Waals surface area contributed by atoms with Crippen LogP contribution in [0.5, 0.6) is 0 Å². The predicted octanol–water partition coefficient (Wildman–Crippen LogP) is 1.56. The molecule has 0 heterocycles. The normalized spacial score (nSPS) is 11.7. The fourth-order valence-electron chi connectivity index (χ4n) is 0.659. The maximum absolute atomic E-state index is 11.0. The Morgan fingerprint density at radius 1 is 1.71 bits per heavy atom. The number of nitrogens with two attached hydrogens (primary N) is 1. The smallest absolute Gasteiger partial charge is 0.310 e. The van der Waals surface area contributed by atoms with Gasteiger partial charge in [-0.25, -0.2) is 4.99 Å². The first kappa shape index (κ1) is 12.7. The van der Waals surface area contributed by atoms with Gasteiger partial charge < -0.3 is 10.5 Å². The number of esters is 1. The van der Waals surface area contributed by atoms with Gasteiger partial charge in [-0.1, -0.05) is 18.2 Å². The van der Waals surface area contributed by atoms with Gasteiger partial charge in [0.05, 0.1) is 13.0 Å². The van der Waals surface area contributed by atoms with Gasteiger partial charge in [0.2, 0.25) is 0 Å². The van der Waals surface area contributed by atoms with Crippen LogP contribution in [0, 0.1) is 0 Å². The average Bonchev–Trinajstić information content (AvgIpc) is 2.14. The van der Waals surface area contributed by atoms with Crippen molar-refractivity contribution in [2.45, 2.75) is 13.3 Å². The van der Waals surface area contributed by atoms with Crippen molar-refractivity contribution in [3.8, 4) is 0 Å². The average molecular weight is 217 g/mol. The second-order valence-electron chi connectivity index (χ2n) is 2.35. The largest absolute Gasteiger partial charge is 0.466 e. The van der Waals surface area contributed by atoms with Crippen LogP contribution < -0.4 is 5.73 Å². The molecule has 0 aliphatic carbocycles. The molecule has 5 heteroatoms. The minimum atomic E-state index is -0.373. The quantitative estimate of drug-likeness (QED) is 0.560. The van der Waals surface area contributed by atoms with Gasteiger partial charge >= 0.3 is 5.97 Å². The van der Waals surface area contributed by atoms with Gasteiger partial charge in [0.15, 0.2) is 0 Å². The number of halogens is 1. The monoisotopic (exact) mass is 216 g/mol. The van der Waals surface area contributed by atoms with Gasteiger partial charge in [-0.15, -0.1) is 0 Å². The summed E-state index contributed by atoms with van der Waals surface area (Å²) in [5.74, 6) is -0.373. The summed E-state index contributed by atoms with van der Waals surface area (Å²) >= 11 is 5.69. The fourth-order valence-corrected chi connectivity index (χ4v) is 0.782. The van der Waals surface area contributed by atoms with Crippen LogP contribution in [0.4, 0.5) is 0 Å². The Hall–Kier alpha value is -1.29. The molecule has 0 aliphatic heterocycles. The maximum atomic E-state index is 11.0. The zero-order chi connectivity index (χ0) is 11.0. The van der Waals surface area contributed by atoms with Crippen LogP contribution in [0.15, 0.2) is 29.5 Å². The second-order valence-corrected chi connectivity index (χ2v) is 2.70. The summed E-state index contributed by atoms with van der Waals surface area (Å²) in [6, 6.07) is 0. The van der Waals surface area contributed by atoms with Crippen molar-refractivity contribution in [1.29, 1.82) is 0 Å². The first-order valence-electron chi connectivity index (χ1n) is 4.05. The third kappa shape index (κ3) is 5.37. The van der Waals surface area contributed by atoms with Crippen LogP contribution in [0.1, 0.15) is 13.3 Å². The molecule has 0 rings (SSSR count). The summed E-state index contributed by atoms with van der Waals surface area (Å²) in [6.07, 6.45) is 2.59. The summed E-state index contributed by atoms with van der Waals surface area (Å²) in [7, 11) is 0. The van der Waals surface area contributed by atoms with Crippen LogP contribution in [-0.2, 0) is 9.53 Å². The Labute approximate surface area is 88.1 Å². The van der Waals surface area contributed by atoms with Gasteiger partial charge in [-0.3, -0.25) is 4.79 Å². The number of carbonyl (C=O) groups excluding carboxylic acids is 1. The van der Waals surface area contributed by atoms with Crippen molar-refractivity contribution in [3.05, 3.63) is 24.6 Å². The third-order valence-corrected chi connectivity index (χ3v) is 1.59. The topological polar surface area (TPSA) is 64.7 Å². The Morgan fingerprint density at radius 2 is 2.36 bits per heavy atom. The van der Waals surface area contributed by atoms with Crippen molar-refractivity contribution < 1.29 is 9.53 Å². The molecule has 0 amide bonds. The van der Waals surface area contributed by atoms with Crippen molar-refractivity contribution in [2.24, 2.45) is 10.7 Å². The van der Waals surface area contributed by atoms with E-state index < -0.39 is 0 Å². The number of rotatable bonds is 5. The van der Waals surface area contributed by atoms with Crippen LogP contribution in [0.2, 0.25) is 0 Å². The van der Waals surface area contributed by atoms with Crippen molar-refractivity contribution in [3.63, 3.8) is 0 Å². The number of aliphatic imine (C=N–C) groups is 1. The number of hydrogen-bond donors (Lipinski definition) is 1. The zero-order valence-corrected chi connectivity index (χ0v) is 8.75. The number of hydrogen-bond acceptors (Lipinski definition) is 4. The highest BCUT2D eigenvalue weighted by Crippen LogP contribution is 2.07. The Bertz CT molecular complexity index is 272. The van der Waals surface area contributed by atoms with E-state index >= 15 is 0 Å². The molecule has 0 aromatic heterocycles. The number of carbonyl (C=O) groups is 1. The van der Waals surface area contributed by atoms with E-state index in [-0.39, 0.29) is 17.6 Å². The van der Waals surface area contributed by atoms with E-state index in [9.17, 15) is 4.79 Å². The molecular formula is C9H13ClN2O2. The lowest BCUT2D eigenvalue weighted by molar-refractivity contribution is -0.142. The molecule has 0 radical (unpaired) electrons. The van der Waals surface area contributed by atoms with Crippen LogP contribution >= 0.6 is 11.6 Å². The first-order valence-corrected chi connectivity index (χ1v) is 4.43. The molecule has 0 saturated carbocycles. The van der Waals surface area contributed by atoms with E-state index in [1.54, 1.807) is 6.92 Å². The molecule has 4 nitrogen and oxygen atoms in total. The van der Waals surface area contributed by atoms with E-state index in [0.717, 1.165) is 0 Å². The molecule has 0 atom stereocenters. The van der Waals surface area contributed by atoms with E-state index in [1.807, 2.05) is 0 Å². The van der Waals surface area contributed by atoms with Crippen molar-refractivity contribution >= 4 is 22.7 Å². The highest BCUT2D eigenvalue weighted by Gasteiger charge is 2.07. The minimum Gasteiger partial charge on any atom is -0.466 e. The standard InChI is InChI=1S/C9H13ClN2O2/c1-3-14-8(13)6-7(2)9(10)12-5-4-11/h4-5H,2-3,6,11H2,1H3/b5-4-,12-9?. The summed E-state index contributed by atoms with van der Waals surface area (Å²) < 4.78 is 4.71. The third-order valence-electron chi connectivity index (χ3n) is 1.23. The predicted molar refractivity (Wildman–Crippen MR) is 57.0 cm³/mol. The highest BCUT2D eigenvalue weighted by molar-refractivity contribution is 6.69. The molecule has 0 aromatic carbocycles. The molecule has 0 aliphatic rings. The Morgan fingerprint density at radius 3 is 2.86 bits per heavy atom. The summed E-state index contributed by atoms with van der Waals surface area (Å²) in [5.41, 5.74) is 5.46. The fraction of sp³-hybridized carbons (Fsp3) is 0.333. The van der Waals surface area contributed by atoms with E-state index in [2.05, 4.69) is 11.6 Å². The van der Waals surface area contributed by atoms with Crippen molar-refractivity contribution in [2.75, 3.05) is 6.61 Å². The lowest BCUT2D eigenvalue weighted by Gasteiger charge is -2.02. The van der Waals surface area contributed by atoms with E-state index in [1.165, 1.54) is 12.4 Å². The summed E-state index contributed by atoms with van der Waals surface area (Å²) in [4.78, 5) is 14.7. The first-order chi connectivity index (χ1) is 6.61. The molecule has 78 valence electrons. The van der Waals surface area contributed by atoms with Crippen LogP contribution in [0.3, 0.4) is 0 Å². The van der Waals surface area contributed by atoms with E-state index in [4.69, 9.17) is 22.1 Å². The molecule has 0 fully saturated rings. The molecule has 0 spiro atoms. The minimum absolute atomic E-state index is 0.0363. The van der Waals surface area contributed by atoms with Gasteiger partial charge in [0.1, 0.15) is 5.17 Å². The lowest BCUT2D eigenvalue weighted by Crippen LogP contribution is -2.07. The maximum Gasteiger partial charge on any atom is 0.310 e. The van der Waals surface area contributed by atoms with Gasteiger partial charge in [0, 0.05) is 12.4 Å². The molecule has 2 N–H and O–H groups in total. The van der Waals surface area contributed by atoms with Gasteiger partial charge in [-0.05, 0) is 12.5 Å². The zero-order valence-electron chi connectivity index (χ0n) is 8.00. The Kier molecular flexibility index (Phi) is 6.49. The number of nitrogens with zero attached hydrogens (tertiary/aromatic N) is 1. The molecule has 0 saturated heterocycles. The summed E-state index contributed by atoms with van der Waals surface area (Å²) in [6.45, 7) is 5.66. The second kappa shape index (κ2) is 7.15. The van der Waals surface area contributed by atoms with Crippen LogP contribution in [0.25, 0.3) is 0 Å². The SMILES string of the molecule is C=C(CC(=O)OCC)C(Cl)=N/C=C\N. The molecule has 14 heavy (non-hydrogen) atoms. The van der Waals surface area contributed by atoms with E-state index in [0.29, 0.717) is 12.2 Å². The van der Waals surface area contributed by atoms with Crippen molar-refractivity contribution in [1.82, 2.24) is 0 Å². The van der Waals surface area contributed by atoms with Crippen LogP contribution in [-0.4, -0.2) is 17.7 Å². The highest BCUT2D eigenvalue weighted by atomic mass is 35.5. The molecule has 0 unspecified atom stereocenters. The Balaban J connectivity index is 4.14. The molecular weight excluding hydrogens is 204 g/mol. The lowest BCUT2D eigenvalue weighted by atomic mass is 10.2. The van der Waals surface area contributed by atoms with Gasteiger partial charge in [0.25, 0.3) is 0 Å². The summed E-state index contributed by atoms with van der Waals surface area (Å²) in [5, 5.41) is 0.153. The molecule has 0 aromatic rings. The molecule has 0 bridgehead atoms. The van der Waals surface area contributed by atoms with Gasteiger partial charge in [-0.2, -0.15) is 0 Å². The number of ether oxygens (including phenoxy) is 1.